The summed E-state index contributed by atoms with van der Waals surface area (Å²) in [6.45, 7) is 3.92. The minimum atomic E-state index is -0.618. The predicted octanol–water partition coefficient (Wildman–Crippen LogP) is 2.37. The van der Waals surface area contributed by atoms with Crippen molar-refractivity contribution in [3.05, 3.63) is 22.3 Å². The van der Waals surface area contributed by atoms with Crippen LogP contribution in [0.2, 0.25) is 0 Å². The zero-order valence-electron chi connectivity index (χ0n) is 13.8. The van der Waals surface area contributed by atoms with E-state index < -0.39 is 23.9 Å². The Morgan fingerprint density at radius 1 is 0.792 bits per heavy atom. The fourth-order valence-corrected chi connectivity index (χ4v) is 3.79. The SMILES string of the molecule is CCC[C@H]1CC2=C(C[C@@H](CC)CC3=C1C(=O)OC3=O)C(=O)OC2=O. The van der Waals surface area contributed by atoms with Crippen molar-refractivity contribution in [1.29, 1.82) is 0 Å². The quantitative estimate of drug-likeness (QED) is 0.582. The molecule has 0 saturated heterocycles. The lowest BCUT2D eigenvalue weighted by molar-refractivity contribution is -0.153. The van der Waals surface area contributed by atoms with Gasteiger partial charge in [-0.25, -0.2) is 19.2 Å². The first-order valence-corrected chi connectivity index (χ1v) is 8.44. The second-order valence-electron chi connectivity index (χ2n) is 6.58. The van der Waals surface area contributed by atoms with E-state index in [2.05, 4.69) is 0 Å². The Labute approximate surface area is 139 Å². The molecule has 0 aromatic carbocycles. The molecule has 2 heterocycles. The third kappa shape index (κ3) is 2.70. The Morgan fingerprint density at radius 2 is 1.33 bits per heavy atom. The van der Waals surface area contributed by atoms with E-state index in [0.29, 0.717) is 41.6 Å². The van der Waals surface area contributed by atoms with Gasteiger partial charge in [0.2, 0.25) is 0 Å². The van der Waals surface area contributed by atoms with E-state index in [4.69, 9.17) is 9.47 Å². The zero-order valence-corrected chi connectivity index (χ0v) is 13.8. The van der Waals surface area contributed by atoms with Crippen molar-refractivity contribution >= 4 is 23.9 Å². The van der Waals surface area contributed by atoms with Gasteiger partial charge in [0.1, 0.15) is 0 Å². The average molecular weight is 332 g/mol. The van der Waals surface area contributed by atoms with Crippen molar-refractivity contribution < 1.29 is 28.7 Å². The number of hydrogen-bond acceptors (Lipinski definition) is 6. The molecule has 0 saturated carbocycles. The fraction of sp³-hybridized carbons (Fsp3) is 0.556. The summed E-state index contributed by atoms with van der Waals surface area (Å²) in [5.74, 6) is -2.71. The standard InChI is InChI=1S/C18H20O6/c1-3-5-10-8-12-11(15(19)23-16(12)20)6-9(4-2)7-13-14(10)18(22)24-17(13)21/h9-10H,3-8H2,1-2H3/t9-,10+/m1/s1. The topological polar surface area (TPSA) is 86.7 Å². The van der Waals surface area contributed by atoms with Crippen molar-refractivity contribution in [1.82, 2.24) is 0 Å². The van der Waals surface area contributed by atoms with Crippen LogP contribution < -0.4 is 0 Å². The van der Waals surface area contributed by atoms with Crippen LogP contribution in [-0.4, -0.2) is 23.9 Å². The van der Waals surface area contributed by atoms with E-state index in [-0.39, 0.29) is 18.3 Å². The molecule has 0 unspecified atom stereocenters. The maximum absolute atomic E-state index is 12.2. The lowest BCUT2D eigenvalue weighted by Gasteiger charge is -2.16. The van der Waals surface area contributed by atoms with Crippen molar-refractivity contribution in [2.24, 2.45) is 11.8 Å². The molecule has 0 bridgehead atoms. The molecule has 3 aliphatic rings. The number of esters is 4. The molecule has 128 valence electrons. The predicted molar refractivity (Wildman–Crippen MR) is 82.3 cm³/mol. The number of cyclic esters (lactones) is 4. The molecule has 0 radical (unpaired) electrons. The van der Waals surface area contributed by atoms with Crippen molar-refractivity contribution in [3.63, 3.8) is 0 Å². The summed E-state index contributed by atoms with van der Waals surface area (Å²) in [5.41, 5.74) is 1.58. The van der Waals surface area contributed by atoms with Crippen LogP contribution in [0.25, 0.3) is 0 Å². The third-order valence-electron chi connectivity index (χ3n) is 5.08. The number of carbonyl (C=O) groups excluding carboxylic acids is 4. The second-order valence-corrected chi connectivity index (χ2v) is 6.58. The molecule has 0 aromatic rings. The van der Waals surface area contributed by atoms with Gasteiger partial charge in [-0.2, -0.15) is 0 Å². The van der Waals surface area contributed by atoms with E-state index >= 15 is 0 Å². The molecule has 1 aliphatic carbocycles. The molecule has 0 fully saturated rings. The molecule has 24 heavy (non-hydrogen) atoms. The van der Waals surface area contributed by atoms with Gasteiger partial charge in [-0.1, -0.05) is 26.7 Å². The van der Waals surface area contributed by atoms with Gasteiger partial charge in [-0.05, 0) is 37.5 Å². The van der Waals surface area contributed by atoms with Crippen LogP contribution in [0.3, 0.4) is 0 Å². The summed E-state index contributed by atoms with van der Waals surface area (Å²) in [5, 5.41) is 0. The second kappa shape index (κ2) is 6.34. The maximum atomic E-state index is 12.2. The van der Waals surface area contributed by atoms with E-state index in [1.165, 1.54) is 0 Å². The molecule has 3 rings (SSSR count). The largest absolute Gasteiger partial charge is 0.386 e. The first-order chi connectivity index (χ1) is 11.5. The van der Waals surface area contributed by atoms with Crippen LogP contribution >= 0.6 is 0 Å². The van der Waals surface area contributed by atoms with Crippen LogP contribution in [0.1, 0.15) is 52.4 Å². The highest BCUT2D eigenvalue weighted by Crippen LogP contribution is 2.41. The number of ether oxygens (including phenoxy) is 2. The fourth-order valence-electron chi connectivity index (χ4n) is 3.79. The van der Waals surface area contributed by atoms with Crippen LogP contribution in [0.15, 0.2) is 22.3 Å². The van der Waals surface area contributed by atoms with Crippen LogP contribution in [0.4, 0.5) is 0 Å². The summed E-state index contributed by atoms with van der Waals surface area (Å²) in [6, 6.07) is 0. The van der Waals surface area contributed by atoms with E-state index in [9.17, 15) is 19.2 Å². The minimum absolute atomic E-state index is 0.0164. The van der Waals surface area contributed by atoms with Gasteiger partial charge in [0, 0.05) is 16.7 Å². The Morgan fingerprint density at radius 3 is 1.96 bits per heavy atom. The van der Waals surface area contributed by atoms with Gasteiger partial charge < -0.3 is 9.47 Å². The molecular weight excluding hydrogens is 312 g/mol. The molecule has 2 atom stereocenters. The lowest BCUT2D eigenvalue weighted by atomic mass is 9.85. The summed E-state index contributed by atoms with van der Waals surface area (Å²) < 4.78 is 9.63. The van der Waals surface area contributed by atoms with Gasteiger partial charge in [-0.3, -0.25) is 0 Å². The number of hydrogen-bond donors (Lipinski definition) is 0. The van der Waals surface area contributed by atoms with E-state index in [1.54, 1.807) is 0 Å². The number of carbonyl (C=O) groups is 4. The van der Waals surface area contributed by atoms with Crippen molar-refractivity contribution in [3.8, 4) is 0 Å². The van der Waals surface area contributed by atoms with E-state index in [1.807, 2.05) is 13.8 Å². The van der Waals surface area contributed by atoms with Gasteiger partial charge >= 0.3 is 23.9 Å². The highest BCUT2D eigenvalue weighted by atomic mass is 16.6. The molecule has 0 amide bonds. The van der Waals surface area contributed by atoms with Gasteiger partial charge in [0.25, 0.3) is 0 Å². The smallest absolute Gasteiger partial charge is 0.342 e. The van der Waals surface area contributed by atoms with Gasteiger partial charge in [0.05, 0.1) is 5.57 Å². The minimum Gasteiger partial charge on any atom is -0.386 e. The Kier molecular flexibility index (Phi) is 4.39. The van der Waals surface area contributed by atoms with Gasteiger partial charge in [0.15, 0.2) is 0 Å². The Hall–Kier alpha value is -2.24. The normalized spacial score (nSPS) is 27.4. The van der Waals surface area contributed by atoms with Crippen LogP contribution in [0.5, 0.6) is 0 Å². The first kappa shape index (κ1) is 16.6. The van der Waals surface area contributed by atoms with E-state index in [0.717, 1.165) is 12.8 Å². The summed E-state index contributed by atoms with van der Waals surface area (Å²) >= 11 is 0. The third-order valence-corrected chi connectivity index (χ3v) is 5.08. The summed E-state index contributed by atoms with van der Waals surface area (Å²) in [6.07, 6.45) is 3.14. The first-order valence-electron chi connectivity index (χ1n) is 8.44. The zero-order chi connectivity index (χ0) is 17.4. The molecule has 6 heteroatoms. The highest BCUT2D eigenvalue weighted by molar-refractivity contribution is 6.14. The average Bonchev–Trinajstić information content (AvgIpc) is 2.97. The highest BCUT2D eigenvalue weighted by Gasteiger charge is 2.43. The van der Waals surface area contributed by atoms with Crippen LogP contribution in [-0.2, 0) is 28.7 Å². The van der Waals surface area contributed by atoms with Crippen LogP contribution in [0, 0.1) is 11.8 Å². The molecule has 0 aromatic heterocycles. The molecule has 0 spiro atoms. The Bertz CT molecular complexity index is 696. The molecule has 2 aliphatic heterocycles. The van der Waals surface area contributed by atoms with Crippen molar-refractivity contribution in [2.45, 2.75) is 52.4 Å². The molecule has 0 N–H and O–H groups in total. The summed E-state index contributed by atoms with van der Waals surface area (Å²) in [4.78, 5) is 48.4. The number of rotatable bonds is 3. The maximum Gasteiger partial charge on any atom is 0.342 e. The molecule has 6 nitrogen and oxygen atoms in total. The van der Waals surface area contributed by atoms with Gasteiger partial charge in [-0.15, -0.1) is 0 Å². The summed E-state index contributed by atoms with van der Waals surface area (Å²) in [7, 11) is 0. The monoisotopic (exact) mass is 332 g/mol. The molecular formula is C18H20O6. The lowest BCUT2D eigenvalue weighted by Crippen LogP contribution is -2.15. The Balaban J connectivity index is 2.10. The van der Waals surface area contributed by atoms with Crippen molar-refractivity contribution in [2.75, 3.05) is 0 Å².